The van der Waals surface area contributed by atoms with E-state index >= 15 is 0 Å². The molecule has 0 bridgehead atoms. The van der Waals surface area contributed by atoms with E-state index in [9.17, 15) is 26.3 Å². The third-order valence-electron chi connectivity index (χ3n) is 3.61. The van der Waals surface area contributed by atoms with E-state index in [-0.39, 0.29) is 31.5 Å². The molecule has 0 radical (unpaired) electrons. The lowest BCUT2D eigenvalue weighted by atomic mass is 10.1. The molecule has 0 amide bonds. The first kappa shape index (κ1) is 22.6. The molecule has 1 aromatic carbocycles. The zero-order chi connectivity index (χ0) is 20.9. The van der Waals surface area contributed by atoms with Gasteiger partial charge in [-0.1, -0.05) is 24.9 Å². The minimum absolute atomic E-state index is 0.00914. The average molecular weight is 435 g/mol. The summed E-state index contributed by atoms with van der Waals surface area (Å²) in [6, 6.07) is 1.28. The van der Waals surface area contributed by atoms with E-state index < -0.39 is 40.9 Å². The summed E-state index contributed by atoms with van der Waals surface area (Å²) in [5.74, 6) is -2.75. The Morgan fingerprint density at radius 1 is 1.18 bits per heavy atom. The molecule has 0 unspecified atom stereocenters. The molecule has 1 fully saturated rings. The molecule has 158 valence electrons. The van der Waals surface area contributed by atoms with Crippen LogP contribution in [-0.2, 0) is 9.47 Å². The minimum atomic E-state index is -4.68. The molecular weight excluding hydrogens is 418 g/mol. The van der Waals surface area contributed by atoms with Gasteiger partial charge in [0.05, 0.1) is 30.6 Å². The van der Waals surface area contributed by atoms with E-state index in [1.54, 1.807) is 0 Å². The van der Waals surface area contributed by atoms with Gasteiger partial charge in [-0.05, 0) is 6.42 Å². The molecule has 0 saturated carbocycles. The smallest absolute Gasteiger partial charge is 0.451 e. The van der Waals surface area contributed by atoms with Crippen LogP contribution in [0.4, 0.5) is 26.3 Å². The van der Waals surface area contributed by atoms with Crippen LogP contribution in [-0.4, -0.2) is 31.8 Å². The largest absolute Gasteiger partial charge is 0.460 e. The molecule has 1 aliphatic heterocycles. The van der Waals surface area contributed by atoms with Crippen LogP contribution in [0.1, 0.15) is 19.8 Å². The summed E-state index contributed by atoms with van der Waals surface area (Å²) < 4.78 is 97.4. The van der Waals surface area contributed by atoms with Crippen molar-refractivity contribution in [3.63, 3.8) is 0 Å². The first-order valence-electron chi connectivity index (χ1n) is 8.22. The molecule has 0 spiro atoms. The maximum atomic E-state index is 14.2. The second-order valence-electron chi connectivity index (χ2n) is 6.00. The van der Waals surface area contributed by atoms with Crippen LogP contribution < -0.4 is 9.47 Å². The molecule has 1 aromatic rings. The van der Waals surface area contributed by atoms with Crippen molar-refractivity contribution in [3.8, 4) is 11.5 Å². The zero-order valence-electron chi connectivity index (χ0n) is 14.6. The summed E-state index contributed by atoms with van der Waals surface area (Å²) >= 11 is 5.69. The zero-order valence-corrected chi connectivity index (χ0v) is 15.3. The van der Waals surface area contributed by atoms with Crippen LogP contribution in [0.15, 0.2) is 24.5 Å². The van der Waals surface area contributed by atoms with Gasteiger partial charge in [0, 0.05) is 18.1 Å². The topological polar surface area (TPSA) is 36.9 Å². The van der Waals surface area contributed by atoms with E-state index in [2.05, 4.69) is 9.47 Å². The van der Waals surface area contributed by atoms with E-state index in [4.69, 9.17) is 21.1 Å². The third kappa shape index (κ3) is 6.46. The van der Waals surface area contributed by atoms with Crippen molar-refractivity contribution < 1.29 is 45.3 Å². The highest BCUT2D eigenvalue weighted by molar-refractivity contribution is 6.32. The maximum Gasteiger partial charge on any atom is 0.451 e. The molecule has 28 heavy (non-hydrogen) atoms. The first-order valence-corrected chi connectivity index (χ1v) is 8.59. The Labute approximate surface area is 162 Å². The van der Waals surface area contributed by atoms with E-state index in [0.29, 0.717) is 6.07 Å². The van der Waals surface area contributed by atoms with Crippen LogP contribution in [0, 0.1) is 11.7 Å². The molecule has 11 heteroatoms. The molecule has 1 heterocycles. The summed E-state index contributed by atoms with van der Waals surface area (Å²) in [6.07, 6.45) is -9.13. The number of hydrogen-bond donors (Lipinski definition) is 0. The van der Waals surface area contributed by atoms with Gasteiger partial charge in [0.25, 0.3) is 6.29 Å². The Hall–Kier alpha value is -1.65. The van der Waals surface area contributed by atoms with Crippen LogP contribution in [0.25, 0.3) is 0 Å². The standard InChI is InChI=1S/C17H17ClF6O4/c1-2-3-10-8-26-15(27-9-10)17(23,24)28-11-6-12(18)14(13(19)7-11)25-5-4-16(20,21)22/h4-7,10,15H,2-3,8-9H2,1H3. The summed E-state index contributed by atoms with van der Waals surface area (Å²) in [4.78, 5) is 0. The Balaban J connectivity index is 2.04. The van der Waals surface area contributed by atoms with Gasteiger partial charge in [-0.15, -0.1) is 0 Å². The molecule has 1 aliphatic rings. The molecule has 0 aliphatic carbocycles. The van der Waals surface area contributed by atoms with Crippen molar-refractivity contribution in [3.05, 3.63) is 35.3 Å². The lowest BCUT2D eigenvalue weighted by Crippen LogP contribution is -2.47. The van der Waals surface area contributed by atoms with Gasteiger partial charge in [-0.25, -0.2) is 4.39 Å². The number of ether oxygens (including phenoxy) is 4. The first-order chi connectivity index (χ1) is 13.0. The quantitative estimate of drug-likeness (QED) is 0.408. The highest BCUT2D eigenvalue weighted by atomic mass is 35.5. The number of benzene rings is 1. The van der Waals surface area contributed by atoms with Crippen molar-refractivity contribution in [1.82, 2.24) is 0 Å². The molecule has 0 N–H and O–H groups in total. The lowest BCUT2D eigenvalue weighted by Gasteiger charge is -2.33. The van der Waals surface area contributed by atoms with Gasteiger partial charge < -0.3 is 18.9 Å². The van der Waals surface area contributed by atoms with Crippen molar-refractivity contribution in [2.45, 2.75) is 38.3 Å². The van der Waals surface area contributed by atoms with Crippen LogP contribution in [0.3, 0.4) is 0 Å². The Morgan fingerprint density at radius 3 is 2.36 bits per heavy atom. The highest BCUT2D eigenvalue weighted by Crippen LogP contribution is 2.36. The Morgan fingerprint density at radius 2 is 1.82 bits per heavy atom. The minimum Gasteiger partial charge on any atom is -0.460 e. The number of halogens is 7. The van der Waals surface area contributed by atoms with Gasteiger partial charge in [-0.3, -0.25) is 0 Å². The van der Waals surface area contributed by atoms with Gasteiger partial charge in [0.1, 0.15) is 5.75 Å². The van der Waals surface area contributed by atoms with Gasteiger partial charge in [0.2, 0.25) is 0 Å². The van der Waals surface area contributed by atoms with Crippen LogP contribution >= 0.6 is 11.6 Å². The second-order valence-corrected chi connectivity index (χ2v) is 6.40. The number of rotatable bonds is 7. The lowest BCUT2D eigenvalue weighted by molar-refractivity contribution is -0.352. The normalized spacial score (nSPS) is 21.1. The van der Waals surface area contributed by atoms with Crippen LogP contribution in [0.2, 0.25) is 5.02 Å². The van der Waals surface area contributed by atoms with Gasteiger partial charge in [0.15, 0.2) is 11.6 Å². The molecule has 0 aromatic heterocycles. The molecule has 4 nitrogen and oxygen atoms in total. The van der Waals surface area contributed by atoms with Crippen molar-refractivity contribution in [2.75, 3.05) is 13.2 Å². The fourth-order valence-corrected chi connectivity index (χ4v) is 2.65. The second kappa shape index (κ2) is 9.23. The van der Waals surface area contributed by atoms with Crippen molar-refractivity contribution in [2.24, 2.45) is 5.92 Å². The number of hydrogen-bond acceptors (Lipinski definition) is 4. The van der Waals surface area contributed by atoms with Crippen LogP contribution in [0.5, 0.6) is 11.5 Å². The van der Waals surface area contributed by atoms with E-state index in [0.717, 1.165) is 18.9 Å². The fourth-order valence-electron chi connectivity index (χ4n) is 2.40. The van der Waals surface area contributed by atoms with Crippen molar-refractivity contribution in [1.29, 1.82) is 0 Å². The monoisotopic (exact) mass is 434 g/mol. The third-order valence-corrected chi connectivity index (χ3v) is 3.89. The van der Waals surface area contributed by atoms with E-state index in [1.807, 2.05) is 6.92 Å². The maximum absolute atomic E-state index is 14.2. The molecule has 0 atom stereocenters. The fraction of sp³-hybridized carbons (Fsp3) is 0.529. The summed E-state index contributed by atoms with van der Waals surface area (Å²) in [6.45, 7) is 2.06. The molecule has 1 saturated heterocycles. The van der Waals surface area contributed by atoms with Gasteiger partial charge in [-0.2, -0.15) is 22.0 Å². The Bertz CT molecular complexity index is 664. The highest BCUT2D eigenvalue weighted by Gasteiger charge is 2.47. The average Bonchev–Trinajstić information content (AvgIpc) is 2.57. The SMILES string of the molecule is CCCC1COC(C(F)(F)Oc2cc(F)c(OC=CC(F)(F)F)c(Cl)c2)OC1. The van der Waals surface area contributed by atoms with E-state index in [1.165, 1.54) is 0 Å². The van der Waals surface area contributed by atoms with Gasteiger partial charge >= 0.3 is 12.3 Å². The van der Waals surface area contributed by atoms with Crippen molar-refractivity contribution >= 4 is 11.6 Å². The Kier molecular flexibility index (Phi) is 7.46. The molecular formula is C17H17ClF6O4. The predicted octanol–water partition coefficient (Wildman–Crippen LogP) is 5.69. The summed E-state index contributed by atoms with van der Waals surface area (Å²) in [5, 5.41) is -0.564. The summed E-state index contributed by atoms with van der Waals surface area (Å²) in [7, 11) is 0. The summed E-state index contributed by atoms with van der Waals surface area (Å²) in [5.41, 5.74) is 0. The number of alkyl halides is 5. The molecule has 2 rings (SSSR count). The predicted molar refractivity (Wildman–Crippen MR) is 86.9 cm³/mol. The number of allylic oxidation sites excluding steroid dienone is 1.